The quantitative estimate of drug-likeness (QED) is 0.865. The van der Waals surface area contributed by atoms with Crippen LogP contribution in [0.25, 0.3) is 0 Å². The molecule has 20 heavy (non-hydrogen) atoms. The average molecular weight is 293 g/mol. The van der Waals surface area contributed by atoms with E-state index in [1.807, 2.05) is 6.92 Å². The van der Waals surface area contributed by atoms with Crippen LogP contribution < -0.4 is 4.18 Å². The van der Waals surface area contributed by atoms with Gasteiger partial charge in [-0.2, -0.15) is 8.42 Å². The summed E-state index contributed by atoms with van der Waals surface area (Å²) < 4.78 is 28.9. The number of aromatic carboxylic acids is 1. The van der Waals surface area contributed by atoms with Crippen LogP contribution in [0, 0.1) is 6.92 Å². The lowest BCUT2D eigenvalue weighted by Crippen LogP contribution is -2.10. The van der Waals surface area contributed by atoms with Crippen molar-refractivity contribution in [2.45, 2.75) is 11.8 Å². The lowest BCUT2D eigenvalue weighted by Gasteiger charge is -2.07. The second-order valence-corrected chi connectivity index (χ2v) is 5.58. The van der Waals surface area contributed by atoms with Gasteiger partial charge in [0.1, 0.15) is 10.6 Å². The van der Waals surface area contributed by atoms with Gasteiger partial charge in [-0.1, -0.05) is 17.7 Å². The summed E-state index contributed by atoms with van der Waals surface area (Å²) in [5.74, 6) is -1.36. The number of carboxylic acid groups (broad SMARTS) is 1. The number of carboxylic acids is 1. The molecule has 1 aromatic carbocycles. The van der Waals surface area contributed by atoms with Crippen molar-refractivity contribution in [2.75, 3.05) is 0 Å². The van der Waals surface area contributed by atoms with Gasteiger partial charge >= 0.3 is 16.1 Å². The summed E-state index contributed by atoms with van der Waals surface area (Å²) >= 11 is 0. The molecule has 1 aromatic heterocycles. The van der Waals surface area contributed by atoms with E-state index in [1.54, 1.807) is 12.1 Å². The third kappa shape index (κ3) is 3.12. The fraction of sp³-hybridized carbons (Fsp3) is 0.0769. The molecule has 2 rings (SSSR count). The van der Waals surface area contributed by atoms with Crippen molar-refractivity contribution in [2.24, 2.45) is 0 Å². The number of aromatic nitrogens is 1. The summed E-state index contributed by atoms with van der Waals surface area (Å²) in [5, 5.41) is 8.79. The van der Waals surface area contributed by atoms with E-state index >= 15 is 0 Å². The van der Waals surface area contributed by atoms with E-state index in [2.05, 4.69) is 4.98 Å². The van der Waals surface area contributed by atoms with E-state index in [9.17, 15) is 13.2 Å². The van der Waals surface area contributed by atoms with Gasteiger partial charge < -0.3 is 9.29 Å². The van der Waals surface area contributed by atoms with Crippen molar-refractivity contribution < 1.29 is 22.5 Å². The van der Waals surface area contributed by atoms with Gasteiger partial charge in [-0.05, 0) is 19.1 Å². The predicted octanol–water partition coefficient (Wildman–Crippen LogP) is 1.86. The highest BCUT2D eigenvalue weighted by atomic mass is 32.2. The van der Waals surface area contributed by atoms with E-state index in [0.29, 0.717) is 0 Å². The van der Waals surface area contributed by atoms with Gasteiger partial charge in [-0.25, -0.2) is 9.78 Å². The molecular formula is C13H11NO5S. The molecule has 104 valence electrons. The molecule has 7 heteroatoms. The summed E-state index contributed by atoms with van der Waals surface area (Å²) in [6.07, 6.45) is 1.17. The summed E-state index contributed by atoms with van der Waals surface area (Å²) in [5.41, 5.74) is 0.627. The number of benzene rings is 1. The van der Waals surface area contributed by atoms with Gasteiger partial charge in [0.05, 0.1) is 0 Å². The van der Waals surface area contributed by atoms with Crippen molar-refractivity contribution in [1.29, 1.82) is 0 Å². The highest BCUT2D eigenvalue weighted by molar-refractivity contribution is 7.87. The van der Waals surface area contributed by atoms with E-state index in [4.69, 9.17) is 9.29 Å². The Morgan fingerprint density at radius 1 is 1.20 bits per heavy atom. The first kappa shape index (κ1) is 14.0. The number of hydrogen-bond donors (Lipinski definition) is 1. The number of carbonyl (C=O) groups is 1. The van der Waals surface area contributed by atoms with E-state index in [0.717, 1.165) is 11.6 Å². The molecule has 0 bridgehead atoms. The lowest BCUT2D eigenvalue weighted by atomic mass is 10.2. The molecule has 2 aromatic rings. The maximum absolute atomic E-state index is 12.0. The van der Waals surface area contributed by atoms with Gasteiger partial charge in [0.25, 0.3) is 0 Å². The zero-order chi connectivity index (χ0) is 14.8. The molecule has 1 heterocycles. The first-order valence-corrected chi connectivity index (χ1v) is 7.00. The first-order chi connectivity index (χ1) is 9.38. The monoisotopic (exact) mass is 293 g/mol. The lowest BCUT2D eigenvalue weighted by molar-refractivity contribution is 0.0690. The Hall–Kier alpha value is -2.41. The van der Waals surface area contributed by atoms with Crippen molar-refractivity contribution in [3.63, 3.8) is 0 Å². The molecule has 0 spiro atoms. The smallest absolute Gasteiger partial charge is 0.354 e. The molecule has 0 atom stereocenters. The molecule has 0 radical (unpaired) electrons. The molecule has 1 N–H and O–H groups in total. The van der Waals surface area contributed by atoms with Crippen LogP contribution in [-0.4, -0.2) is 24.5 Å². The van der Waals surface area contributed by atoms with Crippen LogP contribution in [0.5, 0.6) is 5.75 Å². The van der Waals surface area contributed by atoms with Crippen molar-refractivity contribution in [1.82, 2.24) is 4.98 Å². The van der Waals surface area contributed by atoms with Crippen LogP contribution in [0.3, 0.4) is 0 Å². The standard InChI is InChI=1S/C13H11NO5S/c1-9-2-4-11(5-3-9)20(17,18)19-10-6-7-14-12(8-10)13(15)16/h2-8H,1H3,(H,15,16). The second kappa shape index (κ2) is 5.30. The van der Waals surface area contributed by atoms with Gasteiger partial charge in [-0.3, -0.25) is 0 Å². The summed E-state index contributed by atoms with van der Waals surface area (Å²) in [6.45, 7) is 1.83. The molecule has 0 fully saturated rings. The molecule has 6 nitrogen and oxygen atoms in total. The minimum atomic E-state index is -3.99. The van der Waals surface area contributed by atoms with Gasteiger partial charge in [0.2, 0.25) is 0 Å². The van der Waals surface area contributed by atoms with Crippen LogP contribution in [0.1, 0.15) is 16.1 Å². The Morgan fingerprint density at radius 2 is 1.85 bits per heavy atom. The van der Waals surface area contributed by atoms with Crippen molar-refractivity contribution >= 4 is 16.1 Å². The predicted molar refractivity (Wildman–Crippen MR) is 70.2 cm³/mol. The highest BCUT2D eigenvalue weighted by Crippen LogP contribution is 2.19. The molecule has 0 unspecified atom stereocenters. The normalized spacial score (nSPS) is 11.1. The van der Waals surface area contributed by atoms with Crippen molar-refractivity contribution in [3.05, 3.63) is 53.9 Å². The van der Waals surface area contributed by atoms with Crippen LogP contribution in [0.4, 0.5) is 0 Å². The molecule has 0 saturated carbocycles. The number of rotatable bonds is 4. The van der Waals surface area contributed by atoms with Crippen LogP contribution in [0.15, 0.2) is 47.5 Å². The second-order valence-electron chi connectivity index (χ2n) is 4.03. The summed E-state index contributed by atoms with van der Waals surface area (Å²) in [4.78, 5) is 14.3. The zero-order valence-corrected chi connectivity index (χ0v) is 11.3. The maximum Gasteiger partial charge on any atom is 0.354 e. The largest absolute Gasteiger partial charge is 0.477 e. The topological polar surface area (TPSA) is 93.6 Å². The Morgan fingerprint density at radius 3 is 2.45 bits per heavy atom. The third-order valence-electron chi connectivity index (χ3n) is 2.47. The Bertz CT molecular complexity index is 738. The molecule has 0 aliphatic carbocycles. The number of pyridine rings is 1. The zero-order valence-electron chi connectivity index (χ0n) is 10.5. The third-order valence-corrected chi connectivity index (χ3v) is 3.73. The molecule has 0 aliphatic rings. The molecule has 0 saturated heterocycles. The number of aryl methyl sites for hydroxylation is 1. The van der Waals surface area contributed by atoms with Crippen LogP contribution in [-0.2, 0) is 10.1 Å². The summed E-state index contributed by atoms with van der Waals surface area (Å²) in [7, 11) is -3.99. The Balaban J connectivity index is 2.31. The Labute approximate surface area is 115 Å². The van der Waals surface area contributed by atoms with Gasteiger partial charge in [-0.15, -0.1) is 0 Å². The minimum Gasteiger partial charge on any atom is -0.477 e. The van der Waals surface area contributed by atoms with Gasteiger partial charge in [0, 0.05) is 18.3 Å². The molecule has 0 amide bonds. The van der Waals surface area contributed by atoms with Crippen LogP contribution >= 0.6 is 0 Å². The fourth-order valence-electron chi connectivity index (χ4n) is 1.46. The minimum absolute atomic E-state index is 0.00297. The Kier molecular flexibility index (Phi) is 3.71. The van der Waals surface area contributed by atoms with Crippen molar-refractivity contribution in [3.8, 4) is 5.75 Å². The highest BCUT2D eigenvalue weighted by Gasteiger charge is 2.17. The van der Waals surface area contributed by atoms with Crippen LogP contribution in [0.2, 0.25) is 0 Å². The fourth-order valence-corrected chi connectivity index (χ4v) is 2.38. The van der Waals surface area contributed by atoms with Gasteiger partial charge in [0.15, 0.2) is 5.69 Å². The maximum atomic E-state index is 12.0. The first-order valence-electron chi connectivity index (χ1n) is 5.59. The van der Waals surface area contributed by atoms with E-state index < -0.39 is 16.1 Å². The average Bonchev–Trinajstić information content (AvgIpc) is 2.39. The van der Waals surface area contributed by atoms with E-state index in [-0.39, 0.29) is 16.3 Å². The summed E-state index contributed by atoms with van der Waals surface area (Å²) in [6, 6.07) is 8.46. The molecule has 0 aliphatic heterocycles. The number of nitrogens with zero attached hydrogens (tertiary/aromatic N) is 1. The SMILES string of the molecule is Cc1ccc(S(=O)(=O)Oc2ccnc(C(=O)O)c2)cc1. The number of hydrogen-bond acceptors (Lipinski definition) is 5. The molecular weight excluding hydrogens is 282 g/mol. The van der Waals surface area contributed by atoms with E-state index in [1.165, 1.54) is 24.4 Å².